The van der Waals surface area contributed by atoms with Crippen molar-refractivity contribution in [3.63, 3.8) is 0 Å². The minimum atomic E-state index is -0.0375. The summed E-state index contributed by atoms with van der Waals surface area (Å²) in [6.45, 7) is 5.83. The predicted molar refractivity (Wildman–Crippen MR) is 103 cm³/mol. The number of aromatic nitrogens is 4. The third-order valence-corrected chi connectivity index (χ3v) is 5.90. The van der Waals surface area contributed by atoms with Gasteiger partial charge in [-0.2, -0.15) is 0 Å². The summed E-state index contributed by atoms with van der Waals surface area (Å²) in [6.07, 6.45) is 2.54. The first-order valence-electron chi connectivity index (χ1n) is 9.68. The fourth-order valence-corrected chi connectivity index (χ4v) is 4.50. The summed E-state index contributed by atoms with van der Waals surface area (Å²) in [6, 6.07) is 12.3. The first-order valence-corrected chi connectivity index (χ1v) is 9.68. The number of ether oxygens (including phenoxy) is 1. The Balaban J connectivity index is 1.40. The molecule has 0 N–H and O–H groups in total. The predicted octanol–water partition coefficient (Wildman–Crippen LogP) is 2.67. The summed E-state index contributed by atoms with van der Waals surface area (Å²) < 4.78 is 10.1. The maximum Gasteiger partial charge on any atom is 0.255 e. The van der Waals surface area contributed by atoms with E-state index in [2.05, 4.69) is 27.0 Å². The van der Waals surface area contributed by atoms with Crippen LogP contribution < -0.4 is 0 Å². The first kappa shape index (κ1) is 17.2. The Kier molecular flexibility index (Phi) is 4.05. The second kappa shape index (κ2) is 6.60. The van der Waals surface area contributed by atoms with Gasteiger partial charge in [0.1, 0.15) is 0 Å². The number of aryl methyl sites for hydroxylation is 1. The molecule has 7 heteroatoms. The molecule has 1 fully saturated rings. The largest absolute Gasteiger partial charge is 0.368 e. The van der Waals surface area contributed by atoms with Crippen LogP contribution >= 0.6 is 0 Å². The lowest BCUT2D eigenvalue weighted by molar-refractivity contribution is -0.0627. The maximum atomic E-state index is 13.3. The Morgan fingerprint density at radius 1 is 1.21 bits per heavy atom. The highest BCUT2D eigenvalue weighted by molar-refractivity contribution is 5.96. The number of amides is 1. The average molecular weight is 377 g/mol. The molecule has 2 aliphatic rings. The molecule has 5 rings (SSSR count). The van der Waals surface area contributed by atoms with Gasteiger partial charge in [-0.15, -0.1) is 5.10 Å². The molecule has 2 aromatic heterocycles. The zero-order valence-corrected chi connectivity index (χ0v) is 16.1. The number of likely N-dealkylation sites (tertiary alicyclic amines) is 1. The number of hydrogen-bond donors (Lipinski definition) is 0. The number of carbonyl (C=O) groups excluding carboxylic acids is 1. The molecule has 3 aromatic rings. The second-order valence-electron chi connectivity index (χ2n) is 7.58. The van der Waals surface area contributed by atoms with Crippen molar-refractivity contribution in [1.29, 1.82) is 0 Å². The number of fused-ring (bicyclic) bond motifs is 3. The Morgan fingerprint density at radius 2 is 2.04 bits per heavy atom. The summed E-state index contributed by atoms with van der Waals surface area (Å²) >= 11 is 0. The van der Waals surface area contributed by atoms with Gasteiger partial charge in [0.05, 0.1) is 36.2 Å². The number of hydrogen-bond acceptors (Lipinski definition) is 4. The molecule has 7 nitrogen and oxygen atoms in total. The van der Waals surface area contributed by atoms with Gasteiger partial charge in [-0.05, 0) is 38.5 Å². The molecule has 0 spiro atoms. The highest BCUT2D eigenvalue weighted by Crippen LogP contribution is 2.31. The van der Waals surface area contributed by atoms with E-state index in [9.17, 15) is 4.79 Å². The SMILES string of the molecule is Cc1cc(C(=O)N2CC[C@H]3[C@H](C2)OCc2cnnn23)c(C)n1-c1ccccc1. The lowest BCUT2D eigenvalue weighted by atomic mass is 9.99. The standard InChI is InChI=1S/C21H23N5O2/c1-14-10-18(15(2)25(14)16-6-4-3-5-7-16)21(27)24-9-8-19-20(12-24)28-13-17-11-22-23-26(17)19/h3-7,10-11,19-20H,8-9,12-13H2,1-2H3/t19-,20-/m0/s1. The van der Waals surface area contributed by atoms with Crippen LogP contribution in [-0.4, -0.2) is 49.6 Å². The number of nitrogens with zero attached hydrogens (tertiary/aromatic N) is 5. The van der Waals surface area contributed by atoms with E-state index in [-0.39, 0.29) is 18.1 Å². The molecule has 0 radical (unpaired) electrons. The molecule has 1 amide bonds. The molecular weight excluding hydrogens is 354 g/mol. The molecule has 1 aromatic carbocycles. The van der Waals surface area contributed by atoms with Gasteiger partial charge < -0.3 is 14.2 Å². The summed E-state index contributed by atoms with van der Waals surface area (Å²) in [5, 5.41) is 8.21. The maximum absolute atomic E-state index is 13.3. The Morgan fingerprint density at radius 3 is 2.86 bits per heavy atom. The van der Waals surface area contributed by atoms with E-state index in [1.807, 2.05) is 47.7 Å². The van der Waals surface area contributed by atoms with Crippen molar-refractivity contribution in [2.75, 3.05) is 13.1 Å². The van der Waals surface area contributed by atoms with Crippen LogP contribution in [-0.2, 0) is 11.3 Å². The molecule has 4 heterocycles. The fraction of sp³-hybridized carbons (Fsp3) is 0.381. The third-order valence-electron chi connectivity index (χ3n) is 5.90. The second-order valence-corrected chi connectivity index (χ2v) is 7.58. The van der Waals surface area contributed by atoms with Crippen LogP contribution in [0.25, 0.3) is 5.69 Å². The minimum Gasteiger partial charge on any atom is -0.368 e. The zero-order valence-electron chi connectivity index (χ0n) is 16.1. The summed E-state index contributed by atoms with van der Waals surface area (Å²) in [5.41, 5.74) is 4.87. The van der Waals surface area contributed by atoms with Crippen molar-refractivity contribution in [3.8, 4) is 5.69 Å². The van der Waals surface area contributed by atoms with E-state index in [1.54, 1.807) is 6.20 Å². The van der Waals surface area contributed by atoms with E-state index < -0.39 is 0 Å². The molecule has 0 bridgehead atoms. The highest BCUT2D eigenvalue weighted by Gasteiger charge is 2.38. The van der Waals surface area contributed by atoms with Crippen molar-refractivity contribution < 1.29 is 9.53 Å². The molecule has 28 heavy (non-hydrogen) atoms. The van der Waals surface area contributed by atoms with E-state index in [0.29, 0.717) is 19.7 Å². The molecule has 1 saturated heterocycles. The van der Waals surface area contributed by atoms with Crippen LogP contribution in [0.4, 0.5) is 0 Å². The van der Waals surface area contributed by atoms with E-state index in [1.165, 1.54) is 0 Å². The van der Waals surface area contributed by atoms with Gasteiger partial charge in [-0.25, -0.2) is 4.68 Å². The van der Waals surface area contributed by atoms with E-state index >= 15 is 0 Å². The third kappa shape index (κ3) is 2.65. The van der Waals surface area contributed by atoms with Crippen molar-refractivity contribution in [2.24, 2.45) is 0 Å². The van der Waals surface area contributed by atoms with Gasteiger partial charge in [0.25, 0.3) is 5.91 Å². The smallest absolute Gasteiger partial charge is 0.255 e. The Labute approximate surface area is 163 Å². The van der Waals surface area contributed by atoms with Crippen LogP contribution in [0.1, 0.15) is 39.9 Å². The highest BCUT2D eigenvalue weighted by atomic mass is 16.5. The zero-order chi connectivity index (χ0) is 19.3. The normalized spacial score (nSPS) is 21.3. The minimum absolute atomic E-state index is 0.0375. The van der Waals surface area contributed by atoms with Crippen LogP contribution in [0.15, 0.2) is 42.6 Å². The molecule has 2 atom stereocenters. The topological polar surface area (TPSA) is 65.2 Å². The van der Waals surface area contributed by atoms with E-state index in [0.717, 1.165) is 34.8 Å². The number of rotatable bonds is 2. The monoisotopic (exact) mass is 377 g/mol. The summed E-state index contributed by atoms with van der Waals surface area (Å²) in [4.78, 5) is 15.2. The summed E-state index contributed by atoms with van der Waals surface area (Å²) in [5.74, 6) is 0.0710. The molecule has 144 valence electrons. The molecule has 0 saturated carbocycles. The van der Waals surface area contributed by atoms with Gasteiger partial charge in [0.15, 0.2) is 0 Å². The van der Waals surface area contributed by atoms with Gasteiger partial charge in [0.2, 0.25) is 0 Å². The Hall–Kier alpha value is -2.93. The summed E-state index contributed by atoms with van der Waals surface area (Å²) in [7, 11) is 0. The lowest BCUT2D eigenvalue weighted by Gasteiger charge is -2.41. The Bertz CT molecular complexity index is 1020. The molecule has 0 aliphatic carbocycles. The number of piperidine rings is 1. The lowest BCUT2D eigenvalue weighted by Crippen LogP contribution is -2.50. The number of benzene rings is 1. The quantitative estimate of drug-likeness (QED) is 0.689. The van der Waals surface area contributed by atoms with Gasteiger partial charge in [-0.3, -0.25) is 4.79 Å². The molecule has 0 unspecified atom stereocenters. The van der Waals surface area contributed by atoms with Crippen molar-refractivity contribution in [1.82, 2.24) is 24.5 Å². The van der Waals surface area contributed by atoms with Gasteiger partial charge in [-0.1, -0.05) is 23.4 Å². The van der Waals surface area contributed by atoms with Crippen LogP contribution in [0.5, 0.6) is 0 Å². The number of para-hydroxylation sites is 1. The van der Waals surface area contributed by atoms with Gasteiger partial charge >= 0.3 is 0 Å². The van der Waals surface area contributed by atoms with Crippen molar-refractivity contribution in [2.45, 2.75) is 39.0 Å². The molecular formula is C21H23N5O2. The van der Waals surface area contributed by atoms with E-state index in [4.69, 9.17) is 4.74 Å². The van der Waals surface area contributed by atoms with Crippen molar-refractivity contribution in [3.05, 3.63) is 65.2 Å². The number of carbonyl (C=O) groups is 1. The van der Waals surface area contributed by atoms with Crippen LogP contribution in [0.2, 0.25) is 0 Å². The molecule has 2 aliphatic heterocycles. The van der Waals surface area contributed by atoms with Crippen LogP contribution in [0, 0.1) is 13.8 Å². The van der Waals surface area contributed by atoms with Gasteiger partial charge in [0, 0.05) is 30.2 Å². The average Bonchev–Trinajstić information content (AvgIpc) is 3.32. The fourth-order valence-electron chi connectivity index (χ4n) is 4.50. The first-order chi connectivity index (χ1) is 13.6. The van der Waals surface area contributed by atoms with Crippen molar-refractivity contribution >= 4 is 5.91 Å². The van der Waals surface area contributed by atoms with Crippen LogP contribution in [0.3, 0.4) is 0 Å².